The first kappa shape index (κ1) is 13.6. The number of imidazole rings is 1. The number of nitrogens with zero attached hydrogens (tertiary/aromatic N) is 2. The van der Waals surface area contributed by atoms with Crippen molar-refractivity contribution in [1.29, 1.82) is 0 Å². The molecule has 4 heteroatoms. The Bertz CT molecular complexity index is 600. The van der Waals surface area contributed by atoms with Gasteiger partial charge in [-0.25, -0.2) is 9.37 Å². The summed E-state index contributed by atoms with van der Waals surface area (Å²) in [5.41, 5.74) is 8.38. The van der Waals surface area contributed by atoms with E-state index in [4.69, 9.17) is 5.73 Å². The summed E-state index contributed by atoms with van der Waals surface area (Å²) < 4.78 is 15.3. The van der Waals surface area contributed by atoms with Crippen molar-refractivity contribution in [3.05, 3.63) is 35.4 Å². The molecule has 0 amide bonds. The molecule has 0 unspecified atom stereocenters. The van der Waals surface area contributed by atoms with Crippen LogP contribution < -0.4 is 5.73 Å². The van der Waals surface area contributed by atoms with Gasteiger partial charge in [-0.05, 0) is 43.5 Å². The van der Waals surface area contributed by atoms with Crippen molar-refractivity contribution >= 4 is 5.82 Å². The van der Waals surface area contributed by atoms with Gasteiger partial charge in [-0.3, -0.25) is 0 Å². The third-order valence-corrected chi connectivity index (χ3v) is 3.18. The van der Waals surface area contributed by atoms with Crippen LogP contribution in [0.25, 0.3) is 11.3 Å². The number of hydrogen-bond acceptors (Lipinski definition) is 2. The fourth-order valence-corrected chi connectivity index (χ4v) is 2.18. The molecule has 0 atom stereocenters. The average molecular weight is 261 g/mol. The molecule has 2 N–H and O–H groups in total. The lowest BCUT2D eigenvalue weighted by Gasteiger charge is -2.10. The Morgan fingerprint density at radius 2 is 2.00 bits per heavy atom. The first-order valence-corrected chi connectivity index (χ1v) is 6.49. The Kier molecular flexibility index (Phi) is 3.60. The molecular weight excluding hydrogens is 241 g/mol. The van der Waals surface area contributed by atoms with Crippen molar-refractivity contribution in [2.75, 3.05) is 5.73 Å². The standard InChI is InChI=1S/C15H20FN3/c1-9(2)8-19-11(4)18-14(15(19)17)12-5-6-13(16)10(3)7-12/h5-7,9H,8,17H2,1-4H3. The molecule has 0 saturated heterocycles. The van der Waals surface area contributed by atoms with Crippen LogP contribution >= 0.6 is 0 Å². The highest BCUT2D eigenvalue weighted by Gasteiger charge is 2.15. The second-order valence-corrected chi connectivity index (χ2v) is 5.36. The number of aryl methyl sites for hydroxylation is 2. The molecule has 0 radical (unpaired) electrons. The monoisotopic (exact) mass is 261 g/mol. The summed E-state index contributed by atoms with van der Waals surface area (Å²) in [6, 6.07) is 4.97. The Hall–Kier alpha value is -1.84. The Morgan fingerprint density at radius 3 is 2.58 bits per heavy atom. The van der Waals surface area contributed by atoms with Gasteiger partial charge in [-0.1, -0.05) is 13.8 Å². The van der Waals surface area contributed by atoms with Crippen LogP contribution in [0.3, 0.4) is 0 Å². The lowest BCUT2D eigenvalue weighted by molar-refractivity contribution is 0.518. The molecule has 2 rings (SSSR count). The predicted molar refractivity (Wildman–Crippen MR) is 76.3 cm³/mol. The van der Waals surface area contributed by atoms with Gasteiger partial charge in [0.05, 0.1) is 0 Å². The van der Waals surface area contributed by atoms with Crippen molar-refractivity contribution in [1.82, 2.24) is 9.55 Å². The summed E-state index contributed by atoms with van der Waals surface area (Å²) in [7, 11) is 0. The zero-order chi connectivity index (χ0) is 14.2. The average Bonchev–Trinajstić information content (AvgIpc) is 2.60. The smallest absolute Gasteiger partial charge is 0.131 e. The van der Waals surface area contributed by atoms with Gasteiger partial charge < -0.3 is 10.3 Å². The third-order valence-electron chi connectivity index (χ3n) is 3.18. The van der Waals surface area contributed by atoms with Crippen LogP contribution in [0.2, 0.25) is 0 Å². The normalized spacial score (nSPS) is 11.3. The van der Waals surface area contributed by atoms with Crippen molar-refractivity contribution in [3.63, 3.8) is 0 Å². The van der Waals surface area contributed by atoms with Crippen LogP contribution in [0, 0.1) is 25.6 Å². The minimum absolute atomic E-state index is 0.208. The molecule has 1 aromatic heterocycles. The summed E-state index contributed by atoms with van der Waals surface area (Å²) >= 11 is 0. The van der Waals surface area contributed by atoms with Gasteiger partial charge in [-0.2, -0.15) is 0 Å². The van der Waals surface area contributed by atoms with E-state index >= 15 is 0 Å². The Labute approximate surface area is 113 Å². The molecule has 1 heterocycles. The van der Waals surface area contributed by atoms with E-state index < -0.39 is 0 Å². The maximum atomic E-state index is 13.3. The quantitative estimate of drug-likeness (QED) is 0.918. The van der Waals surface area contributed by atoms with Gasteiger partial charge in [0.25, 0.3) is 0 Å². The first-order valence-electron chi connectivity index (χ1n) is 6.49. The molecule has 0 fully saturated rings. The highest BCUT2D eigenvalue weighted by molar-refractivity contribution is 5.71. The molecule has 1 aromatic carbocycles. The summed E-state index contributed by atoms with van der Waals surface area (Å²) in [6.45, 7) is 8.80. The Balaban J connectivity index is 2.48. The predicted octanol–water partition coefficient (Wildman–Crippen LogP) is 3.54. The van der Waals surface area contributed by atoms with Crippen LogP contribution in [0.5, 0.6) is 0 Å². The maximum Gasteiger partial charge on any atom is 0.131 e. The second-order valence-electron chi connectivity index (χ2n) is 5.36. The molecule has 0 spiro atoms. The highest BCUT2D eigenvalue weighted by atomic mass is 19.1. The maximum absolute atomic E-state index is 13.3. The Morgan fingerprint density at radius 1 is 1.32 bits per heavy atom. The van der Waals surface area contributed by atoms with Crippen LogP contribution in [0.15, 0.2) is 18.2 Å². The molecule has 0 bridgehead atoms. The van der Waals surface area contributed by atoms with E-state index in [1.54, 1.807) is 19.1 Å². The molecule has 0 saturated carbocycles. The van der Waals surface area contributed by atoms with Gasteiger partial charge in [0.2, 0.25) is 0 Å². The van der Waals surface area contributed by atoms with Crippen LogP contribution in [-0.4, -0.2) is 9.55 Å². The van der Waals surface area contributed by atoms with E-state index in [1.807, 2.05) is 11.5 Å². The molecule has 102 valence electrons. The molecule has 0 aliphatic carbocycles. The fourth-order valence-electron chi connectivity index (χ4n) is 2.18. The van der Waals surface area contributed by atoms with Crippen molar-refractivity contribution in [3.8, 4) is 11.3 Å². The summed E-state index contributed by atoms with van der Waals surface area (Å²) in [5, 5.41) is 0. The number of hydrogen-bond donors (Lipinski definition) is 1. The fraction of sp³-hybridized carbons (Fsp3) is 0.400. The number of nitrogen functional groups attached to an aromatic ring is 1. The highest BCUT2D eigenvalue weighted by Crippen LogP contribution is 2.28. The minimum Gasteiger partial charge on any atom is -0.383 e. The van der Waals surface area contributed by atoms with Crippen molar-refractivity contribution < 1.29 is 4.39 Å². The van der Waals surface area contributed by atoms with E-state index in [9.17, 15) is 4.39 Å². The van der Waals surface area contributed by atoms with Crippen LogP contribution in [0.4, 0.5) is 10.2 Å². The van der Waals surface area contributed by atoms with E-state index in [0.29, 0.717) is 17.3 Å². The van der Waals surface area contributed by atoms with Crippen LogP contribution in [0.1, 0.15) is 25.2 Å². The minimum atomic E-state index is -0.208. The second kappa shape index (κ2) is 5.03. The number of aromatic nitrogens is 2. The molecular formula is C15H20FN3. The van der Waals surface area contributed by atoms with E-state index in [-0.39, 0.29) is 5.82 Å². The topological polar surface area (TPSA) is 43.8 Å². The molecule has 0 aliphatic heterocycles. The number of rotatable bonds is 3. The summed E-state index contributed by atoms with van der Waals surface area (Å²) in [5.74, 6) is 1.83. The van der Waals surface area contributed by atoms with Crippen molar-refractivity contribution in [2.24, 2.45) is 5.92 Å². The SMILES string of the molecule is Cc1cc(-c2nc(C)n(CC(C)C)c2N)ccc1F. The number of anilines is 1. The van der Waals surface area contributed by atoms with Gasteiger partial charge in [-0.15, -0.1) is 0 Å². The molecule has 2 aromatic rings. The van der Waals surface area contributed by atoms with E-state index in [2.05, 4.69) is 18.8 Å². The lowest BCUT2D eigenvalue weighted by atomic mass is 10.1. The van der Waals surface area contributed by atoms with Gasteiger partial charge in [0.15, 0.2) is 0 Å². The van der Waals surface area contributed by atoms with Crippen LogP contribution in [-0.2, 0) is 6.54 Å². The zero-order valence-electron chi connectivity index (χ0n) is 11.9. The largest absolute Gasteiger partial charge is 0.383 e. The summed E-state index contributed by atoms with van der Waals surface area (Å²) in [4.78, 5) is 4.52. The van der Waals surface area contributed by atoms with E-state index in [0.717, 1.165) is 23.6 Å². The molecule has 0 aliphatic rings. The van der Waals surface area contributed by atoms with Gasteiger partial charge in [0.1, 0.15) is 23.2 Å². The number of benzene rings is 1. The van der Waals surface area contributed by atoms with E-state index in [1.165, 1.54) is 6.07 Å². The number of nitrogens with two attached hydrogens (primary N) is 1. The number of halogens is 1. The lowest BCUT2D eigenvalue weighted by Crippen LogP contribution is -2.09. The first-order chi connectivity index (χ1) is 8.90. The molecule has 19 heavy (non-hydrogen) atoms. The zero-order valence-corrected chi connectivity index (χ0v) is 11.9. The third kappa shape index (κ3) is 2.62. The van der Waals surface area contributed by atoms with Gasteiger partial charge in [0, 0.05) is 12.1 Å². The molecule has 3 nitrogen and oxygen atoms in total. The van der Waals surface area contributed by atoms with Gasteiger partial charge >= 0.3 is 0 Å². The van der Waals surface area contributed by atoms with Crippen molar-refractivity contribution in [2.45, 2.75) is 34.2 Å². The summed E-state index contributed by atoms with van der Waals surface area (Å²) in [6.07, 6.45) is 0.